The number of carbonyl (C=O) groups excluding carboxylic acids is 1. The molecule has 6 nitrogen and oxygen atoms in total. The number of nitrogens with one attached hydrogen (secondary N) is 2. The normalized spacial score (nSPS) is 19.5. The minimum Gasteiger partial charge on any atom is -0.380 e. The summed E-state index contributed by atoms with van der Waals surface area (Å²) in [6, 6.07) is 9.02. The van der Waals surface area contributed by atoms with Gasteiger partial charge < -0.3 is 16.4 Å². The number of carbonyl (C=O) groups is 1. The molecule has 7 heteroatoms. The fourth-order valence-electron chi connectivity index (χ4n) is 3.85. The van der Waals surface area contributed by atoms with Crippen molar-refractivity contribution >= 4 is 22.5 Å². The predicted molar refractivity (Wildman–Crippen MR) is 107 cm³/mol. The van der Waals surface area contributed by atoms with Gasteiger partial charge in [-0.15, -0.1) is 0 Å². The summed E-state index contributed by atoms with van der Waals surface area (Å²) in [5.74, 6) is -0.547. The van der Waals surface area contributed by atoms with Crippen molar-refractivity contribution in [2.45, 2.75) is 25.3 Å². The Balaban J connectivity index is 1.69. The number of rotatable bonds is 4. The third kappa shape index (κ3) is 3.41. The molecule has 2 aromatic carbocycles. The number of hydrogen-bond donors (Lipinski definition) is 3. The number of nitrogens with zero attached hydrogens (tertiary/aromatic N) is 2. The smallest absolute Gasteiger partial charge is 0.250 e. The highest BCUT2D eigenvalue weighted by molar-refractivity contribution is 6.07. The van der Waals surface area contributed by atoms with Gasteiger partial charge in [0.2, 0.25) is 0 Å². The SMILES string of the molecule is Cc1ccc([C@@H]2CCNC[C@H]2Nc2ccc(C(N)=O)c3ncncc23)cc1F. The standard InChI is InChI=1S/C21H22FN5O/c1-12-2-3-13(8-17(12)22)14-6-7-24-10-19(14)27-18-5-4-15(21(23)28)20-16(18)9-25-11-26-20/h2-5,8-9,11,14,19,24,27H,6-7,10H2,1H3,(H2,23,28)/t14-,19+/m0/s1. The molecule has 1 aliphatic heterocycles. The zero-order chi connectivity index (χ0) is 19.7. The fourth-order valence-corrected chi connectivity index (χ4v) is 3.85. The summed E-state index contributed by atoms with van der Waals surface area (Å²) in [7, 11) is 0. The molecule has 2 atom stereocenters. The molecule has 1 saturated heterocycles. The van der Waals surface area contributed by atoms with Gasteiger partial charge in [-0.25, -0.2) is 14.4 Å². The molecule has 1 aromatic heterocycles. The van der Waals surface area contributed by atoms with Gasteiger partial charge in [-0.1, -0.05) is 12.1 Å². The van der Waals surface area contributed by atoms with Crippen LogP contribution in [0.1, 0.15) is 33.8 Å². The van der Waals surface area contributed by atoms with Gasteiger partial charge in [-0.05, 0) is 49.2 Å². The maximum atomic E-state index is 14.1. The van der Waals surface area contributed by atoms with E-state index in [2.05, 4.69) is 20.6 Å². The first-order chi connectivity index (χ1) is 13.5. The molecule has 0 unspecified atom stereocenters. The first-order valence-electron chi connectivity index (χ1n) is 9.30. The molecule has 0 spiro atoms. The van der Waals surface area contributed by atoms with E-state index in [1.807, 2.05) is 18.2 Å². The predicted octanol–water partition coefficient (Wildman–Crippen LogP) is 2.73. The molecule has 28 heavy (non-hydrogen) atoms. The van der Waals surface area contributed by atoms with Crippen LogP contribution in [-0.4, -0.2) is 35.0 Å². The lowest BCUT2D eigenvalue weighted by atomic mass is 9.85. The van der Waals surface area contributed by atoms with E-state index < -0.39 is 5.91 Å². The van der Waals surface area contributed by atoms with Crippen LogP contribution in [0.3, 0.4) is 0 Å². The quantitative estimate of drug-likeness (QED) is 0.648. The first kappa shape index (κ1) is 18.3. The lowest BCUT2D eigenvalue weighted by Gasteiger charge is -2.34. The van der Waals surface area contributed by atoms with E-state index in [1.54, 1.807) is 25.3 Å². The maximum absolute atomic E-state index is 14.1. The Morgan fingerprint density at radius 2 is 2.18 bits per heavy atom. The molecule has 3 aromatic rings. The number of amides is 1. The molecule has 2 heterocycles. The number of benzene rings is 2. The van der Waals surface area contributed by atoms with Crippen molar-refractivity contribution < 1.29 is 9.18 Å². The van der Waals surface area contributed by atoms with Crippen LogP contribution in [0.2, 0.25) is 0 Å². The van der Waals surface area contributed by atoms with Crippen LogP contribution in [-0.2, 0) is 0 Å². The molecule has 1 amide bonds. The summed E-state index contributed by atoms with van der Waals surface area (Å²) in [5.41, 5.74) is 8.81. The number of halogens is 1. The number of anilines is 1. The van der Waals surface area contributed by atoms with Crippen LogP contribution in [0.4, 0.5) is 10.1 Å². The Hall–Kier alpha value is -3.06. The molecule has 0 bridgehead atoms. The van der Waals surface area contributed by atoms with Crippen molar-refractivity contribution in [1.29, 1.82) is 0 Å². The highest BCUT2D eigenvalue weighted by atomic mass is 19.1. The molecule has 4 rings (SSSR count). The minimum absolute atomic E-state index is 0.0543. The van der Waals surface area contributed by atoms with E-state index in [-0.39, 0.29) is 17.8 Å². The zero-order valence-corrected chi connectivity index (χ0v) is 15.6. The van der Waals surface area contributed by atoms with Crippen LogP contribution < -0.4 is 16.4 Å². The highest BCUT2D eigenvalue weighted by Crippen LogP contribution is 2.31. The highest BCUT2D eigenvalue weighted by Gasteiger charge is 2.27. The molecule has 4 N–H and O–H groups in total. The Morgan fingerprint density at radius 3 is 2.96 bits per heavy atom. The number of piperidine rings is 1. The number of aryl methyl sites for hydroxylation is 1. The van der Waals surface area contributed by atoms with Gasteiger partial charge in [0.1, 0.15) is 12.1 Å². The number of aromatic nitrogens is 2. The lowest BCUT2D eigenvalue weighted by Crippen LogP contribution is -2.44. The summed E-state index contributed by atoms with van der Waals surface area (Å²) in [4.78, 5) is 20.0. The second kappa shape index (κ2) is 7.52. The van der Waals surface area contributed by atoms with Gasteiger partial charge in [0.05, 0.1) is 11.1 Å². The van der Waals surface area contributed by atoms with Crippen LogP contribution in [0.5, 0.6) is 0 Å². The fraction of sp³-hybridized carbons (Fsp3) is 0.286. The number of primary amides is 1. The van der Waals surface area contributed by atoms with Gasteiger partial charge >= 0.3 is 0 Å². The number of nitrogens with two attached hydrogens (primary N) is 1. The number of hydrogen-bond acceptors (Lipinski definition) is 5. The third-order valence-electron chi connectivity index (χ3n) is 5.39. The molecular formula is C21H22FN5O. The summed E-state index contributed by atoms with van der Waals surface area (Å²) >= 11 is 0. The van der Waals surface area contributed by atoms with E-state index in [9.17, 15) is 9.18 Å². The second-order valence-corrected chi connectivity index (χ2v) is 7.17. The molecule has 0 saturated carbocycles. The third-order valence-corrected chi connectivity index (χ3v) is 5.39. The van der Waals surface area contributed by atoms with E-state index in [1.165, 1.54) is 6.33 Å². The van der Waals surface area contributed by atoms with Gasteiger partial charge in [0.25, 0.3) is 5.91 Å². The summed E-state index contributed by atoms with van der Waals surface area (Å²) in [5, 5.41) is 7.69. The van der Waals surface area contributed by atoms with Crippen LogP contribution in [0, 0.1) is 12.7 Å². The monoisotopic (exact) mass is 379 g/mol. The van der Waals surface area contributed by atoms with Crippen LogP contribution in [0.15, 0.2) is 42.9 Å². The summed E-state index contributed by atoms with van der Waals surface area (Å²) in [6.45, 7) is 3.39. The van der Waals surface area contributed by atoms with Gasteiger partial charge in [0.15, 0.2) is 0 Å². The largest absolute Gasteiger partial charge is 0.380 e. The minimum atomic E-state index is -0.525. The maximum Gasteiger partial charge on any atom is 0.250 e. The number of fused-ring (bicyclic) bond motifs is 1. The van der Waals surface area contributed by atoms with E-state index in [4.69, 9.17) is 5.73 Å². The van der Waals surface area contributed by atoms with E-state index in [0.29, 0.717) is 16.6 Å². The molecular weight excluding hydrogens is 357 g/mol. The van der Waals surface area contributed by atoms with Crippen LogP contribution >= 0.6 is 0 Å². The van der Waals surface area contributed by atoms with Gasteiger partial charge in [-0.2, -0.15) is 0 Å². The van der Waals surface area contributed by atoms with E-state index in [0.717, 1.165) is 36.1 Å². The van der Waals surface area contributed by atoms with Crippen molar-refractivity contribution in [2.75, 3.05) is 18.4 Å². The average molecular weight is 379 g/mol. The summed E-state index contributed by atoms with van der Waals surface area (Å²) < 4.78 is 14.1. The molecule has 1 aliphatic rings. The lowest BCUT2D eigenvalue weighted by molar-refractivity contribution is 0.100. The van der Waals surface area contributed by atoms with Gasteiger partial charge in [0, 0.05) is 35.8 Å². The van der Waals surface area contributed by atoms with Gasteiger partial charge in [-0.3, -0.25) is 4.79 Å². The van der Waals surface area contributed by atoms with Crippen molar-refractivity contribution in [2.24, 2.45) is 5.73 Å². The topological polar surface area (TPSA) is 92.9 Å². The molecule has 1 fully saturated rings. The molecule has 0 radical (unpaired) electrons. The van der Waals surface area contributed by atoms with Crippen LogP contribution in [0.25, 0.3) is 10.9 Å². The van der Waals surface area contributed by atoms with Crippen molar-refractivity contribution in [3.8, 4) is 0 Å². The zero-order valence-electron chi connectivity index (χ0n) is 15.6. The van der Waals surface area contributed by atoms with E-state index >= 15 is 0 Å². The second-order valence-electron chi connectivity index (χ2n) is 7.17. The van der Waals surface area contributed by atoms with Crippen molar-refractivity contribution in [3.05, 3.63) is 65.4 Å². The van der Waals surface area contributed by atoms with Crippen molar-refractivity contribution in [3.63, 3.8) is 0 Å². The Kier molecular flexibility index (Phi) is 4.92. The Bertz CT molecular complexity index is 1040. The Morgan fingerprint density at radius 1 is 1.32 bits per heavy atom. The Labute approximate surface area is 162 Å². The summed E-state index contributed by atoms with van der Waals surface area (Å²) in [6.07, 6.45) is 3.97. The molecule has 144 valence electrons. The molecule has 0 aliphatic carbocycles. The van der Waals surface area contributed by atoms with Crippen molar-refractivity contribution in [1.82, 2.24) is 15.3 Å². The average Bonchev–Trinajstić information content (AvgIpc) is 2.70. The first-order valence-corrected chi connectivity index (χ1v) is 9.30.